The van der Waals surface area contributed by atoms with Crippen molar-refractivity contribution in [3.63, 3.8) is 0 Å². The highest BCUT2D eigenvalue weighted by Crippen LogP contribution is 2.47. The lowest BCUT2D eigenvalue weighted by atomic mass is 9.67. The highest BCUT2D eigenvalue weighted by atomic mass is 19.4. The van der Waals surface area contributed by atoms with Gasteiger partial charge in [-0.3, -0.25) is 4.79 Å². The molecule has 9 heteroatoms. The van der Waals surface area contributed by atoms with Crippen LogP contribution in [-0.4, -0.2) is 26.2 Å². The normalized spacial score (nSPS) is 22.8. The van der Waals surface area contributed by atoms with E-state index in [1.54, 1.807) is 18.5 Å². The Morgan fingerprint density at radius 1 is 1.18 bits per heavy atom. The lowest BCUT2D eigenvalue weighted by Crippen LogP contribution is -2.47. The summed E-state index contributed by atoms with van der Waals surface area (Å²) in [7, 11) is 1.92. The average Bonchev–Trinajstić information content (AvgIpc) is 3.43. The number of fused-ring (bicyclic) bond motifs is 1. The number of benzene rings is 2. The van der Waals surface area contributed by atoms with Crippen LogP contribution in [0, 0.1) is 11.8 Å². The molecule has 2 fully saturated rings. The number of aromatic nitrogens is 3. The van der Waals surface area contributed by atoms with Gasteiger partial charge in [-0.2, -0.15) is 13.2 Å². The van der Waals surface area contributed by atoms with Crippen molar-refractivity contribution in [3.8, 4) is 0 Å². The van der Waals surface area contributed by atoms with Crippen LogP contribution in [0.1, 0.15) is 90.3 Å². The van der Waals surface area contributed by atoms with E-state index in [1.807, 2.05) is 29.8 Å². The smallest absolute Gasteiger partial charge is 0.320 e. The standard InChI is InChI=1S/C30H34F3N5O/c1-18-10-21(11-18)26(27-36-35-17-37(27)3)20-6-4-7-22(14-20)38-16-24-23(28(38)39)12-19(13-25(24)30(31,32)33)15-34-29(2)8-5-9-29/h4,6-7,12-14,17-18,21,26,34H,5,8-11,15-16H2,1-3H3/t18-,21+,26?. The Balaban J connectivity index is 1.33. The molecule has 3 aliphatic rings. The van der Waals surface area contributed by atoms with E-state index in [0.29, 0.717) is 29.6 Å². The second-order valence-corrected chi connectivity index (χ2v) is 12.0. The van der Waals surface area contributed by atoms with Crippen LogP contribution < -0.4 is 10.2 Å². The number of nitrogens with one attached hydrogen (secondary N) is 1. The number of hydrogen-bond donors (Lipinski definition) is 1. The first-order valence-electron chi connectivity index (χ1n) is 13.8. The molecule has 0 radical (unpaired) electrons. The molecule has 206 valence electrons. The van der Waals surface area contributed by atoms with Gasteiger partial charge in [0.1, 0.15) is 12.2 Å². The molecule has 2 aliphatic carbocycles. The van der Waals surface area contributed by atoms with Crippen molar-refractivity contribution in [3.05, 3.63) is 76.4 Å². The fourth-order valence-electron chi connectivity index (χ4n) is 6.56. The maximum Gasteiger partial charge on any atom is 0.416 e. The van der Waals surface area contributed by atoms with Gasteiger partial charge in [-0.1, -0.05) is 19.1 Å². The third-order valence-corrected chi connectivity index (χ3v) is 9.03. The number of halogens is 3. The quantitative estimate of drug-likeness (QED) is 0.390. The Hall–Kier alpha value is -3.20. The summed E-state index contributed by atoms with van der Waals surface area (Å²) in [5.74, 6) is 1.51. The van der Waals surface area contributed by atoms with E-state index < -0.39 is 17.6 Å². The molecule has 6 nitrogen and oxygen atoms in total. The highest BCUT2D eigenvalue weighted by Gasteiger charge is 2.42. The summed E-state index contributed by atoms with van der Waals surface area (Å²) in [6.07, 6.45) is 2.40. The van der Waals surface area contributed by atoms with Crippen molar-refractivity contribution in [2.75, 3.05) is 4.90 Å². The van der Waals surface area contributed by atoms with Gasteiger partial charge in [0.05, 0.1) is 12.1 Å². The van der Waals surface area contributed by atoms with Gasteiger partial charge in [0, 0.05) is 36.3 Å². The minimum Gasteiger partial charge on any atom is -0.320 e. The molecule has 1 N–H and O–H groups in total. The van der Waals surface area contributed by atoms with Gasteiger partial charge in [0.2, 0.25) is 0 Å². The first-order chi connectivity index (χ1) is 18.5. The van der Waals surface area contributed by atoms with Gasteiger partial charge in [-0.05, 0) is 91.8 Å². The Labute approximate surface area is 226 Å². The number of carbonyl (C=O) groups excluding carboxylic acids is 1. The molecular weight excluding hydrogens is 503 g/mol. The summed E-state index contributed by atoms with van der Waals surface area (Å²) in [5, 5.41) is 11.9. The zero-order valence-corrected chi connectivity index (χ0v) is 22.6. The number of aryl methyl sites for hydroxylation is 1. The van der Waals surface area contributed by atoms with Crippen molar-refractivity contribution in [1.29, 1.82) is 0 Å². The van der Waals surface area contributed by atoms with Crippen molar-refractivity contribution in [2.45, 2.75) is 76.7 Å². The maximum absolute atomic E-state index is 14.2. The Morgan fingerprint density at radius 3 is 2.56 bits per heavy atom. The van der Waals surface area contributed by atoms with Crippen LogP contribution in [0.5, 0.6) is 0 Å². The van der Waals surface area contributed by atoms with Crippen molar-refractivity contribution in [1.82, 2.24) is 20.1 Å². The molecule has 0 saturated heterocycles. The average molecular weight is 538 g/mol. The molecule has 3 aromatic rings. The molecule has 2 heterocycles. The van der Waals surface area contributed by atoms with Crippen LogP contribution in [0.2, 0.25) is 0 Å². The molecular formula is C30H34F3N5O. The first kappa shape index (κ1) is 26.0. The number of alkyl halides is 3. The number of hydrogen-bond acceptors (Lipinski definition) is 4. The van der Waals surface area contributed by atoms with Crippen LogP contribution in [0.3, 0.4) is 0 Å². The largest absolute Gasteiger partial charge is 0.416 e. The second-order valence-electron chi connectivity index (χ2n) is 12.0. The third kappa shape index (κ3) is 4.75. The predicted molar refractivity (Wildman–Crippen MR) is 142 cm³/mol. The van der Waals surface area contributed by atoms with Gasteiger partial charge >= 0.3 is 6.18 Å². The molecule has 1 atom stereocenters. The molecule has 0 spiro atoms. The maximum atomic E-state index is 14.2. The number of carbonyl (C=O) groups is 1. The topological polar surface area (TPSA) is 63.1 Å². The van der Waals surface area contributed by atoms with Crippen LogP contribution in [0.15, 0.2) is 42.7 Å². The minimum absolute atomic E-state index is 0.00464. The molecule has 1 aromatic heterocycles. The fraction of sp³-hybridized carbons (Fsp3) is 0.500. The molecule has 39 heavy (non-hydrogen) atoms. The first-order valence-corrected chi connectivity index (χ1v) is 13.8. The Kier molecular flexibility index (Phi) is 6.32. The molecule has 2 saturated carbocycles. The summed E-state index contributed by atoms with van der Waals surface area (Å²) in [6.45, 7) is 4.52. The highest BCUT2D eigenvalue weighted by molar-refractivity contribution is 6.10. The molecule has 1 amide bonds. The Bertz CT molecular complexity index is 1400. The van der Waals surface area contributed by atoms with Gasteiger partial charge < -0.3 is 14.8 Å². The molecule has 2 aromatic carbocycles. The van der Waals surface area contributed by atoms with Crippen molar-refractivity contribution in [2.24, 2.45) is 18.9 Å². The lowest BCUT2D eigenvalue weighted by molar-refractivity contribution is -0.138. The zero-order chi connectivity index (χ0) is 27.5. The fourth-order valence-corrected chi connectivity index (χ4v) is 6.56. The SMILES string of the molecule is Cn1cnnc1C(c1cccc(N2Cc3c(cc(CNC4(C)CCC4)cc3C(F)(F)F)C2=O)c1)[C@H]1C[C@@H](C)C1. The lowest BCUT2D eigenvalue weighted by Gasteiger charge is -2.39. The van der Waals surface area contributed by atoms with Crippen molar-refractivity contribution >= 4 is 11.6 Å². The van der Waals surface area contributed by atoms with Crippen LogP contribution >= 0.6 is 0 Å². The molecule has 1 aliphatic heterocycles. The summed E-state index contributed by atoms with van der Waals surface area (Å²) >= 11 is 0. The number of amides is 1. The number of anilines is 1. The van der Waals surface area contributed by atoms with Crippen LogP contribution in [-0.2, 0) is 26.3 Å². The summed E-state index contributed by atoms with van der Waals surface area (Å²) in [6, 6.07) is 10.5. The van der Waals surface area contributed by atoms with Gasteiger partial charge in [0.25, 0.3) is 5.91 Å². The van der Waals surface area contributed by atoms with E-state index in [9.17, 15) is 18.0 Å². The van der Waals surface area contributed by atoms with Crippen LogP contribution in [0.25, 0.3) is 0 Å². The van der Waals surface area contributed by atoms with E-state index in [2.05, 4.69) is 29.4 Å². The van der Waals surface area contributed by atoms with E-state index in [-0.39, 0.29) is 29.1 Å². The third-order valence-electron chi connectivity index (χ3n) is 9.03. The van der Waals surface area contributed by atoms with E-state index in [4.69, 9.17) is 0 Å². The Morgan fingerprint density at radius 2 is 1.95 bits per heavy atom. The van der Waals surface area contributed by atoms with E-state index >= 15 is 0 Å². The van der Waals surface area contributed by atoms with Crippen molar-refractivity contribution < 1.29 is 18.0 Å². The summed E-state index contributed by atoms with van der Waals surface area (Å²) in [5.41, 5.74) is 1.51. The summed E-state index contributed by atoms with van der Waals surface area (Å²) < 4.78 is 44.5. The van der Waals surface area contributed by atoms with E-state index in [1.165, 1.54) is 11.0 Å². The second kappa shape index (κ2) is 9.47. The van der Waals surface area contributed by atoms with Gasteiger partial charge in [0.15, 0.2) is 0 Å². The molecule has 6 rings (SSSR count). The van der Waals surface area contributed by atoms with Gasteiger partial charge in [-0.15, -0.1) is 10.2 Å². The molecule has 0 bridgehead atoms. The predicted octanol–water partition coefficient (Wildman–Crippen LogP) is 6.20. The minimum atomic E-state index is -4.55. The van der Waals surface area contributed by atoms with Crippen LogP contribution in [0.4, 0.5) is 18.9 Å². The number of nitrogens with zero attached hydrogens (tertiary/aromatic N) is 4. The summed E-state index contributed by atoms with van der Waals surface area (Å²) in [4.78, 5) is 15.1. The molecule has 1 unspecified atom stereocenters. The van der Waals surface area contributed by atoms with E-state index in [0.717, 1.165) is 43.5 Å². The zero-order valence-electron chi connectivity index (χ0n) is 22.6. The van der Waals surface area contributed by atoms with Gasteiger partial charge in [-0.25, -0.2) is 0 Å². The number of rotatable bonds is 7. The monoisotopic (exact) mass is 537 g/mol.